The van der Waals surface area contributed by atoms with E-state index in [1.54, 1.807) is 18.4 Å². The van der Waals surface area contributed by atoms with Gasteiger partial charge >= 0.3 is 0 Å². The van der Waals surface area contributed by atoms with E-state index in [1.807, 2.05) is 6.07 Å². The minimum absolute atomic E-state index is 0.0349. The summed E-state index contributed by atoms with van der Waals surface area (Å²) in [6.45, 7) is 0. The van der Waals surface area contributed by atoms with E-state index in [0.717, 1.165) is 17.4 Å². The fourth-order valence-corrected chi connectivity index (χ4v) is 2.08. The van der Waals surface area contributed by atoms with Gasteiger partial charge in [0.1, 0.15) is 5.76 Å². The molecule has 2 rings (SSSR count). The molecule has 1 unspecified atom stereocenters. The van der Waals surface area contributed by atoms with Gasteiger partial charge in [0.2, 0.25) is 0 Å². The molecule has 0 aliphatic heterocycles. The average Bonchev–Trinajstić information content (AvgIpc) is 2.77. The number of hydrogen-bond donors (Lipinski definition) is 0. The lowest BCUT2D eigenvalue weighted by Crippen LogP contribution is -1.95. The second kappa shape index (κ2) is 4.78. The summed E-state index contributed by atoms with van der Waals surface area (Å²) in [6, 6.07) is 7.52. The number of rotatable bonds is 3. The Bertz CT molecular complexity index is 468. The molecule has 4 heteroatoms. The standard InChI is InChI=1S/C12H9BrF2O/c13-9(12-2-1-5-16-12)6-8-3-4-10(14)11(15)7-8/h1-5,7,9H,6H2. The van der Waals surface area contributed by atoms with Crippen molar-refractivity contribution in [1.82, 2.24) is 0 Å². The summed E-state index contributed by atoms with van der Waals surface area (Å²) in [5, 5.41) is 0. The Balaban J connectivity index is 2.12. The molecular weight excluding hydrogens is 278 g/mol. The van der Waals surface area contributed by atoms with Crippen molar-refractivity contribution in [2.45, 2.75) is 11.2 Å². The van der Waals surface area contributed by atoms with Gasteiger partial charge in [-0.15, -0.1) is 0 Å². The molecule has 16 heavy (non-hydrogen) atoms. The van der Waals surface area contributed by atoms with Crippen LogP contribution in [-0.4, -0.2) is 0 Å². The zero-order valence-electron chi connectivity index (χ0n) is 8.29. The van der Waals surface area contributed by atoms with Crippen LogP contribution >= 0.6 is 15.9 Å². The Morgan fingerprint density at radius 3 is 2.62 bits per heavy atom. The predicted molar refractivity (Wildman–Crippen MR) is 60.4 cm³/mol. The molecule has 0 aliphatic carbocycles. The maximum Gasteiger partial charge on any atom is 0.159 e. The number of hydrogen-bond acceptors (Lipinski definition) is 1. The highest BCUT2D eigenvalue weighted by molar-refractivity contribution is 9.09. The summed E-state index contributed by atoms with van der Waals surface area (Å²) in [5.74, 6) is -0.880. The van der Waals surface area contributed by atoms with Crippen molar-refractivity contribution in [1.29, 1.82) is 0 Å². The van der Waals surface area contributed by atoms with E-state index in [-0.39, 0.29) is 4.83 Å². The van der Waals surface area contributed by atoms with Gasteiger partial charge in [0, 0.05) is 0 Å². The predicted octanol–water partition coefficient (Wildman–Crippen LogP) is 4.24. The second-order valence-corrected chi connectivity index (χ2v) is 4.54. The summed E-state index contributed by atoms with van der Waals surface area (Å²) in [7, 11) is 0. The molecule has 84 valence electrons. The van der Waals surface area contributed by atoms with Crippen LogP contribution in [0.15, 0.2) is 41.0 Å². The molecule has 1 aromatic heterocycles. The van der Waals surface area contributed by atoms with Crippen LogP contribution in [-0.2, 0) is 6.42 Å². The van der Waals surface area contributed by atoms with Gasteiger partial charge < -0.3 is 4.42 Å². The number of halogens is 3. The van der Waals surface area contributed by atoms with Gasteiger partial charge in [-0.3, -0.25) is 0 Å². The van der Waals surface area contributed by atoms with Crippen LogP contribution in [0.5, 0.6) is 0 Å². The van der Waals surface area contributed by atoms with Crippen molar-refractivity contribution in [3.63, 3.8) is 0 Å². The normalized spacial score (nSPS) is 12.7. The first-order chi connectivity index (χ1) is 7.66. The molecule has 0 amide bonds. The lowest BCUT2D eigenvalue weighted by molar-refractivity contribution is 0.500. The number of furan rings is 1. The monoisotopic (exact) mass is 286 g/mol. The van der Waals surface area contributed by atoms with Gasteiger partial charge in [-0.05, 0) is 36.2 Å². The lowest BCUT2D eigenvalue weighted by Gasteiger charge is -2.07. The van der Waals surface area contributed by atoms with Gasteiger partial charge in [0.15, 0.2) is 11.6 Å². The third-order valence-corrected chi connectivity index (χ3v) is 3.03. The van der Waals surface area contributed by atoms with Crippen LogP contribution in [0.25, 0.3) is 0 Å². The van der Waals surface area contributed by atoms with Gasteiger partial charge in [-0.1, -0.05) is 22.0 Å². The van der Waals surface area contributed by atoms with Crippen LogP contribution in [0.4, 0.5) is 8.78 Å². The van der Waals surface area contributed by atoms with E-state index in [1.165, 1.54) is 6.07 Å². The van der Waals surface area contributed by atoms with E-state index >= 15 is 0 Å². The van der Waals surface area contributed by atoms with Crippen molar-refractivity contribution in [3.8, 4) is 0 Å². The first-order valence-electron chi connectivity index (χ1n) is 4.78. The minimum Gasteiger partial charge on any atom is -0.468 e. The average molecular weight is 287 g/mol. The molecule has 1 nitrogen and oxygen atoms in total. The Kier molecular flexibility index (Phi) is 3.39. The topological polar surface area (TPSA) is 13.1 Å². The third-order valence-electron chi connectivity index (χ3n) is 2.25. The molecule has 1 heterocycles. The highest BCUT2D eigenvalue weighted by atomic mass is 79.9. The van der Waals surface area contributed by atoms with E-state index in [0.29, 0.717) is 6.42 Å². The highest BCUT2D eigenvalue weighted by Crippen LogP contribution is 2.27. The largest absolute Gasteiger partial charge is 0.468 e. The first kappa shape index (κ1) is 11.3. The van der Waals surface area contributed by atoms with E-state index < -0.39 is 11.6 Å². The highest BCUT2D eigenvalue weighted by Gasteiger charge is 2.12. The zero-order valence-corrected chi connectivity index (χ0v) is 9.88. The molecule has 1 atom stereocenters. The number of benzene rings is 1. The van der Waals surface area contributed by atoms with Crippen LogP contribution in [0, 0.1) is 11.6 Å². The Morgan fingerprint density at radius 2 is 2.00 bits per heavy atom. The van der Waals surface area contributed by atoms with E-state index in [2.05, 4.69) is 15.9 Å². The second-order valence-electron chi connectivity index (χ2n) is 3.44. The minimum atomic E-state index is -0.826. The van der Waals surface area contributed by atoms with Gasteiger partial charge in [0.05, 0.1) is 11.1 Å². The molecule has 0 saturated heterocycles. The van der Waals surface area contributed by atoms with Crippen LogP contribution < -0.4 is 0 Å². The molecule has 0 saturated carbocycles. The molecule has 0 aliphatic rings. The van der Waals surface area contributed by atoms with Crippen LogP contribution in [0.2, 0.25) is 0 Å². The first-order valence-corrected chi connectivity index (χ1v) is 5.70. The SMILES string of the molecule is Fc1ccc(CC(Br)c2ccco2)cc1F. The molecule has 0 N–H and O–H groups in total. The molecule has 2 aromatic rings. The fraction of sp³-hybridized carbons (Fsp3) is 0.167. The van der Waals surface area contributed by atoms with E-state index in [9.17, 15) is 8.78 Å². The van der Waals surface area contributed by atoms with Crippen molar-refractivity contribution >= 4 is 15.9 Å². The quantitative estimate of drug-likeness (QED) is 0.770. The van der Waals surface area contributed by atoms with Gasteiger partial charge in [0.25, 0.3) is 0 Å². The lowest BCUT2D eigenvalue weighted by atomic mass is 10.1. The molecule has 0 spiro atoms. The molecular formula is C12H9BrF2O. The summed E-state index contributed by atoms with van der Waals surface area (Å²) < 4.78 is 30.9. The maximum absolute atomic E-state index is 13.0. The fourth-order valence-electron chi connectivity index (χ4n) is 1.44. The third kappa shape index (κ3) is 2.50. The van der Waals surface area contributed by atoms with E-state index in [4.69, 9.17) is 4.42 Å². The van der Waals surface area contributed by atoms with Crippen LogP contribution in [0.1, 0.15) is 16.2 Å². The van der Waals surface area contributed by atoms with Gasteiger partial charge in [-0.25, -0.2) is 8.78 Å². The summed E-state index contributed by atoms with van der Waals surface area (Å²) in [5.41, 5.74) is 0.720. The Morgan fingerprint density at radius 1 is 1.19 bits per heavy atom. The van der Waals surface area contributed by atoms with Crippen molar-refractivity contribution < 1.29 is 13.2 Å². The molecule has 0 fully saturated rings. The maximum atomic E-state index is 13.0. The zero-order chi connectivity index (χ0) is 11.5. The van der Waals surface area contributed by atoms with Crippen molar-refractivity contribution in [3.05, 3.63) is 59.6 Å². The van der Waals surface area contributed by atoms with Crippen molar-refractivity contribution in [2.75, 3.05) is 0 Å². The summed E-state index contributed by atoms with van der Waals surface area (Å²) in [4.78, 5) is -0.0349. The molecule has 0 bridgehead atoms. The van der Waals surface area contributed by atoms with Crippen molar-refractivity contribution in [2.24, 2.45) is 0 Å². The Labute approximate surface area is 100 Å². The van der Waals surface area contributed by atoms with Gasteiger partial charge in [-0.2, -0.15) is 0 Å². The smallest absolute Gasteiger partial charge is 0.159 e. The van der Waals surface area contributed by atoms with Crippen LogP contribution in [0.3, 0.4) is 0 Å². The Hall–Kier alpha value is -1.16. The summed E-state index contributed by atoms with van der Waals surface area (Å²) in [6.07, 6.45) is 2.12. The number of alkyl halides is 1. The molecule has 1 aromatic carbocycles. The molecule has 0 radical (unpaired) electrons. The summed E-state index contributed by atoms with van der Waals surface area (Å²) >= 11 is 3.43.